The summed E-state index contributed by atoms with van der Waals surface area (Å²) in [5, 5.41) is 1.13. The zero-order valence-electron chi connectivity index (χ0n) is 13.5. The molecule has 1 nitrogen and oxygen atoms in total. The fraction of sp³-hybridized carbons (Fsp3) is 0.286. The highest BCUT2D eigenvalue weighted by Gasteiger charge is 2.15. The third kappa shape index (κ3) is 4.28. The first-order valence-electron chi connectivity index (χ1n) is 8.41. The average molecular weight is 359 g/mol. The topological polar surface area (TPSA) is 17.1 Å². The predicted molar refractivity (Wildman–Crippen MR) is 102 cm³/mol. The molecular weight excluding hydrogens is 339 g/mol. The van der Waals surface area contributed by atoms with Gasteiger partial charge in [0, 0.05) is 15.6 Å². The minimum atomic E-state index is -0.0174. The number of rotatable bonds is 4. The molecule has 0 heterocycles. The van der Waals surface area contributed by atoms with Gasteiger partial charge in [0.05, 0.1) is 0 Å². The molecule has 0 atom stereocenters. The lowest BCUT2D eigenvalue weighted by Gasteiger charge is -2.21. The molecule has 0 aliphatic heterocycles. The number of allylic oxidation sites excluding steroid dienone is 1. The molecule has 0 unspecified atom stereocenters. The van der Waals surface area contributed by atoms with Crippen LogP contribution in [0.25, 0.3) is 6.08 Å². The lowest BCUT2D eigenvalue weighted by Crippen LogP contribution is -2.05. The third-order valence-corrected chi connectivity index (χ3v) is 5.21. The fourth-order valence-corrected chi connectivity index (χ4v) is 3.73. The summed E-state index contributed by atoms with van der Waals surface area (Å²) in [6.45, 7) is 0. The molecule has 0 bridgehead atoms. The van der Waals surface area contributed by atoms with Crippen LogP contribution in [0.2, 0.25) is 10.0 Å². The van der Waals surface area contributed by atoms with E-state index in [0.717, 1.165) is 5.56 Å². The quantitative estimate of drug-likeness (QED) is 0.427. The van der Waals surface area contributed by atoms with Crippen LogP contribution in [0, 0.1) is 0 Å². The Bertz CT molecular complexity index is 741. The predicted octanol–water partition coefficient (Wildman–Crippen LogP) is 6.94. The minimum absolute atomic E-state index is 0.0174. The van der Waals surface area contributed by atoms with Gasteiger partial charge in [-0.15, -0.1) is 0 Å². The summed E-state index contributed by atoms with van der Waals surface area (Å²) in [6, 6.07) is 13.3. The summed E-state index contributed by atoms with van der Waals surface area (Å²) in [7, 11) is 0. The Morgan fingerprint density at radius 1 is 0.958 bits per heavy atom. The average Bonchev–Trinajstić information content (AvgIpc) is 2.62. The molecule has 0 amide bonds. The van der Waals surface area contributed by atoms with Crippen molar-refractivity contribution in [2.24, 2.45) is 0 Å². The summed E-state index contributed by atoms with van der Waals surface area (Å²) in [5.41, 5.74) is 2.85. The molecule has 0 radical (unpaired) electrons. The van der Waals surface area contributed by atoms with Gasteiger partial charge in [-0.25, -0.2) is 0 Å². The Labute approximate surface area is 153 Å². The smallest absolute Gasteiger partial charge is 0.185 e. The summed E-state index contributed by atoms with van der Waals surface area (Å²) in [5.74, 6) is 0.641. The molecule has 0 aromatic heterocycles. The Morgan fingerprint density at radius 3 is 2.33 bits per heavy atom. The summed E-state index contributed by atoms with van der Waals surface area (Å²) in [4.78, 5) is 12.3. The van der Waals surface area contributed by atoms with Crippen molar-refractivity contribution in [3.63, 3.8) is 0 Å². The molecule has 0 saturated heterocycles. The van der Waals surface area contributed by atoms with Crippen LogP contribution in [0.5, 0.6) is 0 Å². The van der Waals surface area contributed by atoms with Gasteiger partial charge in [0.1, 0.15) is 0 Å². The van der Waals surface area contributed by atoms with Crippen molar-refractivity contribution in [3.05, 3.63) is 75.3 Å². The summed E-state index contributed by atoms with van der Waals surface area (Å²) >= 11 is 12.0. The van der Waals surface area contributed by atoms with E-state index in [1.165, 1.54) is 37.7 Å². The molecule has 3 rings (SSSR count). The van der Waals surface area contributed by atoms with E-state index < -0.39 is 0 Å². The van der Waals surface area contributed by atoms with Crippen LogP contribution in [0.15, 0.2) is 48.5 Å². The summed E-state index contributed by atoms with van der Waals surface area (Å²) < 4.78 is 0. The van der Waals surface area contributed by atoms with Crippen molar-refractivity contribution in [1.82, 2.24) is 0 Å². The number of hydrogen-bond donors (Lipinski definition) is 0. The van der Waals surface area contributed by atoms with E-state index in [0.29, 0.717) is 21.5 Å². The first-order valence-corrected chi connectivity index (χ1v) is 9.16. The second-order valence-corrected chi connectivity index (χ2v) is 7.16. The Kier molecular flexibility index (Phi) is 5.76. The van der Waals surface area contributed by atoms with Crippen LogP contribution < -0.4 is 0 Å². The van der Waals surface area contributed by atoms with Crippen LogP contribution in [0.4, 0.5) is 0 Å². The normalized spacial score (nSPS) is 15.8. The van der Waals surface area contributed by atoms with E-state index >= 15 is 0 Å². The first kappa shape index (κ1) is 17.3. The molecule has 2 aromatic carbocycles. The van der Waals surface area contributed by atoms with Crippen LogP contribution in [0.3, 0.4) is 0 Å². The SMILES string of the molecule is O=C(C=Cc1ccc(Cl)cc1Cl)c1ccc(C2CCCCC2)cc1. The highest BCUT2D eigenvalue weighted by atomic mass is 35.5. The number of carbonyl (C=O) groups is 1. The van der Waals surface area contributed by atoms with E-state index in [2.05, 4.69) is 12.1 Å². The van der Waals surface area contributed by atoms with Gasteiger partial charge >= 0.3 is 0 Å². The van der Waals surface area contributed by atoms with Gasteiger partial charge in [-0.3, -0.25) is 4.79 Å². The van der Waals surface area contributed by atoms with Gasteiger partial charge in [0.25, 0.3) is 0 Å². The van der Waals surface area contributed by atoms with Crippen molar-refractivity contribution in [1.29, 1.82) is 0 Å². The molecule has 124 valence electrons. The number of carbonyl (C=O) groups excluding carboxylic acids is 1. The van der Waals surface area contributed by atoms with Crippen LogP contribution >= 0.6 is 23.2 Å². The first-order chi connectivity index (χ1) is 11.6. The van der Waals surface area contributed by atoms with Gasteiger partial charge in [0.2, 0.25) is 0 Å². The summed E-state index contributed by atoms with van der Waals surface area (Å²) in [6.07, 6.45) is 9.81. The molecule has 1 fully saturated rings. The standard InChI is InChI=1S/C21H20Cl2O/c22-19-12-10-17(20(23)14-19)11-13-21(24)18-8-6-16(7-9-18)15-4-2-1-3-5-15/h6-15H,1-5H2. The highest BCUT2D eigenvalue weighted by Crippen LogP contribution is 2.32. The molecular formula is C21H20Cl2O. The highest BCUT2D eigenvalue weighted by molar-refractivity contribution is 6.35. The molecule has 1 aliphatic carbocycles. The van der Waals surface area contributed by atoms with Crippen molar-refractivity contribution in [3.8, 4) is 0 Å². The van der Waals surface area contributed by atoms with Crippen LogP contribution in [-0.4, -0.2) is 5.78 Å². The zero-order chi connectivity index (χ0) is 16.9. The largest absolute Gasteiger partial charge is 0.289 e. The van der Waals surface area contributed by atoms with Gasteiger partial charge in [-0.1, -0.05) is 72.8 Å². The van der Waals surface area contributed by atoms with Crippen LogP contribution in [0.1, 0.15) is 59.5 Å². The molecule has 1 saturated carbocycles. The molecule has 1 aliphatic rings. The fourth-order valence-electron chi connectivity index (χ4n) is 3.25. The minimum Gasteiger partial charge on any atom is -0.289 e. The van der Waals surface area contributed by atoms with E-state index in [1.807, 2.05) is 12.1 Å². The Hall–Kier alpha value is -1.57. The molecule has 2 aromatic rings. The maximum Gasteiger partial charge on any atom is 0.185 e. The van der Waals surface area contributed by atoms with E-state index in [9.17, 15) is 4.79 Å². The number of halogens is 2. The van der Waals surface area contributed by atoms with Gasteiger partial charge in [-0.2, -0.15) is 0 Å². The number of benzene rings is 2. The van der Waals surface area contributed by atoms with Crippen molar-refractivity contribution in [2.45, 2.75) is 38.0 Å². The monoisotopic (exact) mass is 358 g/mol. The molecule has 0 N–H and O–H groups in total. The van der Waals surface area contributed by atoms with Crippen molar-refractivity contribution in [2.75, 3.05) is 0 Å². The maximum atomic E-state index is 12.3. The van der Waals surface area contributed by atoms with Crippen LogP contribution in [-0.2, 0) is 0 Å². The van der Waals surface area contributed by atoms with Gasteiger partial charge in [-0.05, 0) is 54.2 Å². The molecule has 24 heavy (non-hydrogen) atoms. The lowest BCUT2D eigenvalue weighted by atomic mass is 9.84. The van der Waals surface area contributed by atoms with Crippen molar-refractivity contribution >= 4 is 35.1 Å². The van der Waals surface area contributed by atoms with Crippen molar-refractivity contribution < 1.29 is 4.79 Å². The lowest BCUT2D eigenvalue weighted by molar-refractivity contribution is 0.104. The Morgan fingerprint density at radius 2 is 1.67 bits per heavy atom. The van der Waals surface area contributed by atoms with Gasteiger partial charge < -0.3 is 0 Å². The van der Waals surface area contributed by atoms with E-state index in [4.69, 9.17) is 23.2 Å². The van der Waals surface area contributed by atoms with Gasteiger partial charge in [0.15, 0.2) is 5.78 Å². The Balaban J connectivity index is 1.69. The second-order valence-electron chi connectivity index (χ2n) is 6.32. The third-order valence-electron chi connectivity index (χ3n) is 4.65. The zero-order valence-corrected chi connectivity index (χ0v) is 15.0. The molecule has 0 spiro atoms. The second kappa shape index (κ2) is 8.00. The number of hydrogen-bond acceptors (Lipinski definition) is 1. The number of ketones is 1. The molecule has 3 heteroatoms. The maximum absolute atomic E-state index is 12.3. The van der Waals surface area contributed by atoms with E-state index in [-0.39, 0.29) is 5.78 Å². The van der Waals surface area contributed by atoms with E-state index in [1.54, 1.807) is 30.4 Å².